The summed E-state index contributed by atoms with van der Waals surface area (Å²) < 4.78 is 1.06. The second kappa shape index (κ2) is 3.80. The van der Waals surface area contributed by atoms with Crippen molar-refractivity contribution in [2.24, 2.45) is 0 Å². The van der Waals surface area contributed by atoms with Crippen LogP contribution in [0.3, 0.4) is 0 Å². The molecule has 2 N–H and O–H groups in total. The van der Waals surface area contributed by atoms with Gasteiger partial charge in [0.1, 0.15) is 0 Å². The second-order valence-electron chi connectivity index (χ2n) is 1.55. The summed E-state index contributed by atoms with van der Waals surface area (Å²) in [4.78, 5) is 0. The molecule has 0 heterocycles. The Kier molecular flexibility index (Phi) is 3.73. The average molecular weight is 206 g/mol. The van der Waals surface area contributed by atoms with Crippen LogP contribution in [0.1, 0.15) is 0 Å². The summed E-state index contributed by atoms with van der Waals surface area (Å²) in [6.45, 7) is 0. The summed E-state index contributed by atoms with van der Waals surface area (Å²) in [5.74, 6) is 0. The topological polar surface area (TPSA) is 26.0 Å². The highest BCUT2D eigenvalue weighted by Gasteiger charge is 1.81. The van der Waals surface area contributed by atoms with E-state index in [4.69, 9.17) is 5.73 Å². The number of hydrogen-bond donors (Lipinski definition) is 1. The summed E-state index contributed by atoms with van der Waals surface area (Å²) in [7, 11) is 0. The van der Waals surface area contributed by atoms with Gasteiger partial charge in [-0.25, -0.2) is 0 Å². The molecule has 0 atom stereocenters. The number of nitrogen functional groups attached to an aromatic ring is 1. The number of hydrogen-bond acceptors (Lipinski definition) is 1. The van der Waals surface area contributed by atoms with Crippen LogP contribution in [0.4, 0.5) is 5.69 Å². The lowest BCUT2D eigenvalue weighted by Crippen LogP contribution is -1.80. The molecule has 1 rings (SSSR count). The molecule has 0 saturated carbocycles. The van der Waals surface area contributed by atoms with Gasteiger partial charge in [-0.2, -0.15) is 13.5 Å². The second-order valence-corrected chi connectivity index (χ2v) is 2.47. The Hall–Kier alpha value is -0.150. The zero-order valence-electron chi connectivity index (χ0n) is 4.76. The Morgan fingerprint density at radius 3 is 1.89 bits per heavy atom. The summed E-state index contributed by atoms with van der Waals surface area (Å²) in [5, 5.41) is 0. The first-order valence-corrected chi connectivity index (χ1v) is 3.09. The van der Waals surface area contributed by atoms with Gasteiger partial charge in [0.25, 0.3) is 0 Å². The van der Waals surface area contributed by atoms with Gasteiger partial charge >= 0.3 is 0 Å². The zero-order chi connectivity index (χ0) is 5.98. The van der Waals surface area contributed by atoms with E-state index in [2.05, 4.69) is 15.9 Å². The number of halogens is 1. The first kappa shape index (κ1) is 8.85. The summed E-state index contributed by atoms with van der Waals surface area (Å²) >= 11 is 3.29. The van der Waals surface area contributed by atoms with Crippen molar-refractivity contribution in [3.05, 3.63) is 28.7 Å². The molecule has 50 valence electrons. The van der Waals surface area contributed by atoms with Gasteiger partial charge in [0, 0.05) is 10.2 Å². The van der Waals surface area contributed by atoms with Crippen molar-refractivity contribution in [1.29, 1.82) is 0 Å². The SMILES string of the molecule is Nc1ccc(Br)cc1.S. The third-order valence-electron chi connectivity index (χ3n) is 0.870. The fourth-order valence-corrected chi connectivity index (χ4v) is 0.727. The molecule has 0 aliphatic carbocycles. The van der Waals surface area contributed by atoms with E-state index in [1.165, 1.54) is 0 Å². The molecule has 0 radical (unpaired) electrons. The fourth-order valence-electron chi connectivity index (χ4n) is 0.463. The van der Waals surface area contributed by atoms with Gasteiger partial charge in [-0.3, -0.25) is 0 Å². The van der Waals surface area contributed by atoms with Crippen molar-refractivity contribution >= 4 is 35.1 Å². The molecule has 0 bridgehead atoms. The van der Waals surface area contributed by atoms with Crippen molar-refractivity contribution in [3.8, 4) is 0 Å². The maximum absolute atomic E-state index is 5.41. The lowest BCUT2D eigenvalue weighted by Gasteiger charge is -1.88. The molecular formula is C6H8BrNS. The molecule has 9 heavy (non-hydrogen) atoms. The van der Waals surface area contributed by atoms with Crippen molar-refractivity contribution < 1.29 is 0 Å². The minimum atomic E-state index is 0. The third-order valence-corrected chi connectivity index (χ3v) is 1.40. The number of nitrogens with two attached hydrogens (primary N) is 1. The summed E-state index contributed by atoms with van der Waals surface area (Å²) in [5.41, 5.74) is 6.21. The van der Waals surface area contributed by atoms with Gasteiger partial charge in [-0.05, 0) is 24.3 Å². The van der Waals surface area contributed by atoms with Crippen LogP contribution in [0.25, 0.3) is 0 Å². The predicted molar refractivity (Wildman–Crippen MR) is 48.9 cm³/mol. The van der Waals surface area contributed by atoms with Gasteiger partial charge in [-0.15, -0.1) is 0 Å². The molecule has 3 heteroatoms. The van der Waals surface area contributed by atoms with E-state index in [1.807, 2.05) is 24.3 Å². The fraction of sp³-hybridized carbons (Fsp3) is 0. The van der Waals surface area contributed by atoms with Crippen molar-refractivity contribution in [1.82, 2.24) is 0 Å². The first-order chi connectivity index (χ1) is 3.79. The molecule has 0 aliphatic rings. The zero-order valence-corrected chi connectivity index (χ0v) is 7.35. The van der Waals surface area contributed by atoms with Crippen LogP contribution in [0.15, 0.2) is 28.7 Å². The normalized spacial score (nSPS) is 8.11. The molecule has 0 aromatic heterocycles. The van der Waals surface area contributed by atoms with E-state index in [1.54, 1.807) is 0 Å². The standard InChI is InChI=1S/C6H6BrN.H2S/c7-5-1-3-6(8)4-2-5;/h1-4H,8H2;1H2. The highest BCUT2D eigenvalue weighted by Crippen LogP contribution is 2.10. The molecule has 0 saturated heterocycles. The number of benzene rings is 1. The van der Waals surface area contributed by atoms with Crippen LogP contribution < -0.4 is 5.73 Å². The minimum absolute atomic E-state index is 0. The Labute approximate surface area is 69.8 Å². The Balaban J connectivity index is 0.000000640. The minimum Gasteiger partial charge on any atom is -0.399 e. The monoisotopic (exact) mass is 205 g/mol. The molecule has 1 aromatic rings. The van der Waals surface area contributed by atoms with Crippen LogP contribution in [0, 0.1) is 0 Å². The molecule has 0 unspecified atom stereocenters. The van der Waals surface area contributed by atoms with E-state index in [-0.39, 0.29) is 13.5 Å². The van der Waals surface area contributed by atoms with Crippen molar-refractivity contribution in [3.63, 3.8) is 0 Å². The Morgan fingerprint density at radius 2 is 1.56 bits per heavy atom. The van der Waals surface area contributed by atoms with E-state index < -0.39 is 0 Å². The predicted octanol–water partition coefficient (Wildman–Crippen LogP) is 2.14. The van der Waals surface area contributed by atoms with Crippen molar-refractivity contribution in [2.75, 3.05) is 5.73 Å². The maximum Gasteiger partial charge on any atom is 0.0314 e. The Bertz CT molecular complexity index is 152. The molecule has 0 fully saturated rings. The third kappa shape index (κ3) is 2.77. The van der Waals surface area contributed by atoms with Gasteiger partial charge < -0.3 is 5.73 Å². The lowest BCUT2D eigenvalue weighted by atomic mass is 10.3. The van der Waals surface area contributed by atoms with Crippen molar-refractivity contribution in [2.45, 2.75) is 0 Å². The van der Waals surface area contributed by atoms with Crippen LogP contribution in [0.2, 0.25) is 0 Å². The van der Waals surface area contributed by atoms with Gasteiger partial charge in [0.05, 0.1) is 0 Å². The summed E-state index contributed by atoms with van der Waals surface area (Å²) in [6, 6.07) is 7.53. The number of rotatable bonds is 0. The molecular weight excluding hydrogens is 198 g/mol. The Morgan fingerprint density at radius 1 is 1.11 bits per heavy atom. The van der Waals surface area contributed by atoms with E-state index in [9.17, 15) is 0 Å². The van der Waals surface area contributed by atoms with E-state index >= 15 is 0 Å². The first-order valence-electron chi connectivity index (χ1n) is 2.30. The van der Waals surface area contributed by atoms with Gasteiger partial charge in [0.2, 0.25) is 0 Å². The smallest absolute Gasteiger partial charge is 0.0314 e. The quantitative estimate of drug-likeness (QED) is 0.646. The van der Waals surface area contributed by atoms with E-state index in [0.29, 0.717) is 0 Å². The summed E-state index contributed by atoms with van der Waals surface area (Å²) in [6.07, 6.45) is 0. The number of anilines is 1. The molecule has 1 aromatic carbocycles. The largest absolute Gasteiger partial charge is 0.399 e. The van der Waals surface area contributed by atoms with E-state index in [0.717, 1.165) is 10.2 Å². The highest BCUT2D eigenvalue weighted by atomic mass is 79.9. The molecule has 1 nitrogen and oxygen atoms in total. The molecule has 0 amide bonds. The van der Waals surface area contributed by atoms with Crippen LogP contribution in [-0.2, 0) is 0 Å². The van der Waals surface area contributed by atoms with Crippen LogP contribution in [0.5, 0.6) is 0 Å². The molecule has 0 aliphatic heterocycles. The van der Waals surface area contributed by atoms with Gasteiger partial charge in [-0.1, -0.05) is 15.9 Å². The van der Waals surface area contributed by atoms with Gasteiger partial charge in [0.15, 0.2) is 0 Å². The maximum atomic E-state index is 5.41. The average Bonchev–Trinajstić information content (AvgIpc) is 1.77. The van der Waals surface area contributed by atoms with Crippen LogP contribution >= 0.6 is 29.4 Å². The van der Waals surface area contributed by atoms with Crippen LogP contribution in [-0.4, -0.2) is 0 Å². The highest BCUT2D eigenvalue weighted by molar-refractivity contribution is 9.10. The lowest BCUT2D eigenvalue weighted by molar-refractivity contribution is 1.64. The molecule has 0 spiro atoms.